The number of hydrogen-bond donors (Lipinski definition) is 1. The van der Waals surface area contributed by atoms with Crippen LogP contribution in [-0.2, 0) is 18.2 Å². The van der Waals surface area contributed by atoms with Crippen molar-refractivity contribution in [3.05, 3.63) is 18.0 Å². The number of hydrogen-bond acceptors (Lipinski definition) is 3. The van der Waals surface area contributed by atoms with Gasteiger partial charge in [-0.05, 0) is 43.6 Å². The zero-order chi connectivity index (χ0) is 14.9. The summed E-state index contributed by atoms with van der Waals surface area (Å²) in [4.78, 5) is 0. The van der Waals surface area contributed by atoms with Crippen LogP contribution in [-0.4, -0.2) is 35.1 Å². The molecule has 1 aliphatic heterocycles. The lowest BCUT2D eigenvalue weighted by atomic mass is 9.74. The van der Waals surface area contributed by atoms with Crippen LogP contribution in [0.2, 0.25) is 0 Å². The van der Waals surface area contributed by atoms with Crippen LogP contribution in [0.25, 0.3) is 0 Å². The molecule has 2 unspecified atom stereocenters. The maximum absolute atomic E-state index is 6.16. The lowest BCUT2D eigenvalue weighted by molar-refractivity contribution is 0.0258. The Morgan fingerprint density at radius 3 is 2.90 bits per heavy atom. The fourth-order valence-corrected chi connectivity index (χ4v) is 3.69. The maximum atomic E-state index is 6.16. The average molecular weight is 291 g/mol. The van der Waals surface area contributed by atoms with Crippen molar-refractivity contribution in [2.45, 2.75) is 58.1 Å². The summed E-state index contributed by atoms with van der Waals surface area (Å²) in [5.74, 6) is 0.815. The zero-order valence-electron chi connectivity index (χ0n) is 13.6. The van der Waals surface area contributed by atoms with Crippen molar-refractivity contribution >= 4 is 0 Å². The standard InChI is InChI=1S/C17H29N3O/c1-13(2)18-12-17(7-6-14-10-19-20(3)11-14)8-9-21-16(17)15-4-5-15/h10-11,13,15-16,18H,4-9,12H2,1-3H3. The Labute approximate surface area is 128 Å². The predicted octanol–water partition coefficient (Wildman–Crippen LogP) is 2.54. The molecule has 3 rings (SSSR count). The summed E-state index contributed by atoms with van der Waals surface area (Å²) in [6.07, 6.45) is 10.9. The molecule has 2 aliphatic rings. The Balaban J connectivity index is 1.68. The molecule has 21 heavy (non-hydrogen) atoms. The fourth-order valence-electron chi connectivity index (χ4n) is 3.69. The highest BCUT2D eigenvalue weighted by molar-refractivity contribution is 5.07. The second-order valence-corrected chi connectivity index (χ2v) is 7.30. The summed E-state index contributed by atoms with van der Waals surface area (Å²) in [6.45, 7) is 6.49. The smallest absolute Gasteiger partial charge is 0.0672 e. The summed E-state index contributed by atoms with van der Waals surface area (Å²) >= 11 is 0. The molecule has 1 aromatic rings. The van der Waals surface area contributed by atoms with Gasteiger partial charge >= 0.3 is 0 Å². The van der Waals surface area contributed by atoms with Crippen LogP contribution in [0.15, 0.2) is 12.4 Å². The van der Waals surface area contributed by atoms with E-state index in [1.165, 1.54) is 31.2 Å². The largest absolute Gasteiger partial charge is 0.377 e. The van der Waals surface area contributed by atoms with Gasteiger partial charge in [0.1, 0.15) is 0 Å². The molecule has 0 aromatic carbocycles. The maximum Gasteiger partial charge on any atom is 0.0672 e. The normalized spacial score (nSPS) is 29.4. The molecule has 0 amide bonds. The van der Waals surface area contributed by atoms with Crippen molar-refractivity contribution in [2.24, 2.45) is 18.4 Å². The Hall–Kier alpha value is -0.870. The highest BCUT2D eigenvalue weighted by Gasteiger charge is 2.50. The molecule has 118 valence electrons. The molecule has 1 aliphatic carbocycles. The van der Waals surface area contributed by atoms with Gasteiger partial charge in [-0.3, -0.25) is 4.68 Å². The molecular formula is C17H29N3O. The fraction of sp³-hybridized carbons (Fsp3) is 0.824. The quantitative estimate of drug-likeness (QED) is 0.839. The van der Waals surface area contributed by atoms with Crippen LogP contribution in [0, 0.1) is 11.3 Å². The third kappa shape index (κ3) is 3.49. The number of aromatic nitrogens is 2. The average Bonchev–Trinajstić information content (AvgIpc) is 3.07. The van der Waals surface area contributed by atoms with E-state index >= 15 is 0 Å². The van der Waals surface area contributed by atoms with Crippen molar-refractivity contribution < 1.29 is 4.74 Å². The van der Waals surface area contributed by atoms with Gasteiger partial charge in [0.15, 0.2) is 0 Å². The first-order valence-electron chi connectivity index (χ1n) is 8.41. The van der Waals surface area contributed by atoms with E-state index in [0.717, 1.165) is 25.5 Å². The molecule has 2 atom stereocenters. The van der Waals surface area contributed by atoms with Crippen molar-refractivity contribution in [1.29, 1.82) is 0 Å². The zero-order valence-corrected chi connectivity index (χ0v) is 13.6. The number of rotatable bonds is 7. The predicted molar refractivity (Wildman–Crippen MR) is 84.2 cm³/mol. The van der Waals surface area contributed by atoms with Gasteiger partial charge in [0.2, 0.25) is 0 Å². The molecule has 1 saturated carbocycles. The van der Waals surface area contributed by atoms with Gasteiger partial charge in [0.25, 0.3) is 0 Å². The van der Waals surface area contributed by atoms with Gasteiger partial charge in [0, 0.05) is 37.9 Å². The molecule has 4 heteroatoms. The molecule has 0 bridgehead atoms. The number of nitrogens with zero attached hydrogens (tertiary/aromatic N) is 2. The van der Waals surface area contributed by atoms with Gasteiger partial charge in [0.05, 0.1) is 12.3 Å². The van der Waals surface area contributed by atoms with Crippen LogP contribution >= 0.6 is 0 Å². The minimum Gasteiger partial charge on any atom is -0.377 e. The highest BCUT2D eigenvalue weighted by atomic mass is 16.5. The van der Waals surface area contributed by atoms with Gasteiger partial charge in [-0.25, -0.2) is 0 Å². The number of ether oxygens (including phenoxy) is 1. The van der Waals surface area contributed by atoms with E-state index in [1.807, 2.05) is 17.9 Å². The third-order valence-corrected chi connectivity index (χ3v) is 5.08. The van der Waals surface area contributed by atoms with Gasteiger partial charge < -0.3 is 10.1 Å². The second kappa shape index (κ2) is 6.09. The van der Waals surface area contributed by atoms with E-state index in [1.54, 1.807) is 0 Å². The van der Waals surface area contributed by atoms with Crippen molar-refractivity contribution in [1.82, 2.24) is 15.1 Å². The van der Waals surface area contributed by atoms with Gasteiger partial charge in [-0.2, -0.15) is 5.10 Å². The summed E-state index contributed by atoms with van der Waals surface area (Å²) in [6, 6.07) is 0.542. The minimum absolute atomic E-state index is 0.321. The molecule has 2 heterocycles. The minimum atomic E-state index is 0.321. The molecule has 1 saturated heterocycles. The van der Waals surface area contributed by atoms with Crippen LogP contribution in [0.5, 0.6) is 0 Å². The van der Waals surface area contributed by atoms with Gasteiger partial charge in [-0.15, -0.1) is 0 Å². The first-order chi connectivity index (χ1) is 10.1. The van der Waals surface area contributed by atoms with Crippen molar-refractivity contribution in [3.63, 3.8) is 0 Å². The van der Waals surface area contributed by atoms with E-state index < -0.39 is 0 Å². The molecule has 4 nitrogen and oxygen atoms in total. The molecular weight excluding hydrogens is 262 g/mol. The van der Waals surface area contributed by atoms with E-state index in [2.05, 4.69) is 30.5 Å². The van der Waals surface area contributed by atoms with Crippen LogP contribution in [0.1, 0.15) is 45.1 Å². The summed E-state index contributed by atoms with van der Waals surface area (Å²) in [5.41, 5.74) is 1.67. The van der Waals surface area contributed by atoms with E-state index in [4.69, 9.17) is 4.74 Å². The molecule has 1 aromatic heterocycles. The Morgan fingerprint density at radius 1 is 1.48 bits per heavy atom. The molecule has 1 N–H and O–H groups in total. The SMILES string of the molecule is CC(C)NCC1(CCc2cnn(C)c2)CCOC1C1CC1. The third-order valence-electron chi connectivity index (χ3n) is 5.08. The first-order valence-corrected chi connectivity index (χ1v) is 8.41. The lowest BCUT2D eigenvalue weighted by Gasteiger charge is -2.35. The van der Waals surface area contributed by atoms with Crippen LogP contribution in [0.3, 0.4) is 0 Å². The van der Waals surface area contributed by atoms with E-state index in [-0.39, 0.29) is 0 Å². The van der Waals surface area contributed by atoms with Crippen LogP contribution < -0.4 is 5.32 Å². The summed E-state index contributed by atoms with van der Waals surface area (Å²) in [7, 11) is 1.99. The molecule has 2 fully saturated rings. The summed E-state index contributed by atoms with van der Waals surface area (Å²) in [5, 5.41) is 7.98. The molecule has 0 spiro atoms. The Bertz CT molecular complexity index is 466. The first kappa shape index (κ1) is 15.0. The monoisotopic (exact) mass is 291 g/mol. The Kier molecular flexibility index (Phi) is 4.36. The van der Waals surface area contributed by atoms with Crippen molar-refractivity contribution in [3.8, 4) is 0 Å². The van der Waals surface area contributed by atoms with Crippen molar-refractivity contribution in [2.75, 3.05) is 13.2 Å². The number of nitrogens with one attached hydrogen (secondary N) is 1. The summed E-state index contributed by atoms with van der Waals surface area (Å²) < 4.78 is 8.06. The van der Waals surface area contributed by atoms with E-state index in [0.29, 0.717) is 17.6 Å². The molecule has 0 radical (unpaired) electrons. The van der Waals surface area contributed by atoms with E-state index in [9.17, 15) is 0 Å². The second-order valence-electron chi connectivity index (χ2n) is 7.30. The number of aryl methyl sites for hydroxylation is 2. The highest BCUT2D eigenvalue weighted by Crippen LogP contribution is 2.49. The van der Waals surface area contributed by atoms with Crippen LogP contribution in [0.4, 0.5) is 0 Å². The lowest BCUT2D eigenvalue weighted by Crippen LogP contribution is -2.44. The van der Waals surface area contributed by atoms with Gasteiger partial charge in [-0.1, -0.05) is 13.8 Å². The Morgan fingerprint density at radius 2 is 2.29 bits per heavy atom. The topological polar surface area (TPSA) is 39.1 Å².